The monoisotopic (exact) mass is 201 g/mol. The molecule has 0 saturated carbocycles. The Labute approximate surface area is 86.7 Å². The Morgan fingerprint density at radius 3 is 2.36 bits per heavy atom. The summed E-state index contributed by atoms with van der Waals surface area (Å²) in [5.41, 5.74) is 5.78. The molecule has 0 heterocycles. The van der Waals surface area contributed by atoms with Crippen molar-refractivity contribution >= 4 is 5.97 Å². The van der Waals surface area contributed by atoms with Crippen LogP contribution in [0.3, 0.4) is 0 Å². The molecule has 0 saturated heterocycles. The maximum absolute atomic E-state index is 10.2. The Morgan fingerprint density at radius 2 is 1.79 bits per heavy atom. The van der Waals surface area contributed by atoms with Crippen LogP contribution in [0.4, 0.5) is 0 Å². The third kappa shape index (κ3) is 9.52. The molecule has 14 heavy (non-hydrogen) atoms. The summed E-state index contributed by atoms with van der Waals surface area (Å²) >= 11 is 0. The molecule has 0 aromatic rings. The SMILES string of the molecule is CC[C@H](N)CCCCCCCC(=O)O. The van der Waals surface area contributed by atoms with E-state index in [4.69, 9.17) is 10.8 Å². The lowest BCUT2D eigenvalue weighted by Crippen LogP contribution is -2.17. The van der Waals surface area contributed by atoms with E-state index >= 15 is 0 Å². The van der Waals surface area contributed by atoms with Crippen molar-refractivity contribution in [3.63, 3.8) is 0 Å². The van der Waals surface area contributed by atoms with Gasteiger partial charge in [0.15, 0.2) is 0 Å². The number of nitrogens with two attached hydrogens (primary N) is 1. The molecule has 3 nitrogen and oxygen atoms in total. The summed E-state index contributed by atoms with van der Waals surface area (Å²) < 4.78 is 0. The van der Waals surface area contributed by atoms with E-state index in [1.807, 2.05) is 0 Å². The fourth-order valence-corrected chi connectivity index (χ4v) is 1.42. The van der Waals surface area contributed by atoms with Gasteiger partial charge in [0, 0.05) is 12.5 Å². The van der Waals surface area contributed by atoms with Crippen molar-refractivity contribution in [3.8, 4) is 0 Å². The first-order chi connectivity index (χ1) is 6.66. The normalized spacial score (nSPS) is 12.7. The number of carbonyl (C=O) groups is 1. The van der Waals surface area contributed by atoms with Crippen LogP contribution in [0.25, 0.3) is 0 Å². The van der Waals surface area contributed by atoms with E-state index in [0.29, 0.717) is 12.5 Å². The summed E-state index contributed by atoms with van der Waals surface area (Å²) in [4.78, 5) is 10.2. The van der Waals surface area contributed by atoms with Crippen molar-refractivity contribution < 1.29 is 9.90 Å². The van der Waals surface area contributed by atoms with Crippen LogP contribution in [0, 0.1) is 0 Å². The first-order valence-electron chi connectivity index (χ1n) is 5.64. The summed E-state index contributed by atoms with van der Waals surface area (Å²) in [6.45, 7) is 2.11. The molecule has 0 rings (SSSR count). The smallest absolute Gasteiger partial charge is 0.303 e. The van der Waals surface area contributed by atoms with Gasteiger partial charge in [0.05, 0.1) is 0 Å². The minimum Gasteiger partial charge on any atom is -0.481 e. The Hall–Kier alpha value is -0.570. The van der Waals surface area contributed by atoms with Crippen molar-refractivity contribution in [2.24, 2.45) is 5.73 Å². The second-order valence-electron chi connectivity index (χ2n) is 3.87. The maximum Gasteiger partial charge on any atom is 0.303 e. The van der Waals surface area contributed by atoms with E-state index < -0.39 is 5.97 Å². The van der Waals surface area contributed by atoms with Crippen molar-refractivity contribution in [3.05, 3.63) is 0 Å². The topological polar surface area (TPSA) is 63.3 Å². The van der Waals surface area contributed by atoms with E-state index in [9.17, 15) is 4.79 Å². The molecule has 0 fully saturated rings. The molecule has 0 bridgehead atoms. The van der Waals surface area contributed by atoms with Gasteiger partial charge in [-0.05, 0) is 19.3 Å². The highest BCUT2D eigenvalue weighted by atomic mass is 16.4. The highest BCUT2D eigenvalue weighted by Crippen LogP contribution is 2.08. The molecule has 3 heteroatoms. The van der Waals surface area contributed by atoms with Crippen LogP contribution in [-0.4, -0.2) is 17.1 Å². The van der Waals surface area contributed by atoms with E-state index in [0.717, 1.165) is 32.1 Å². The number of hydrogen-bond acceptors (Lipinski definition) is 2. The lowest BCUT2D eigenvalue weighted by Gasteiger charge is -2.07. The Morgan fingerprint density at radius 1 is 1.21 bits per heavy atom. The molecule has 0 aliphatic rings. The van der Waals surface area contributed by atoms with Gasteiger partial charge in [0.25, 0.3) is 0 Å². The fraction of sp³-hybridized carbons (Fsp3) is 0.909. The van der Waals surface area contributed by atoms with Gasteiger partial charge in [0.2, 0.25) is 0 Å². The first-order valence-corrected chi connectivity index (χ1v) is 5.64. The van der Waals surface area contributed by atoms with Gasteiger partial charge in [-0.15, -0.1) is 0 Å². The highest BCUT2D eigenvalue weighted by molar-refractivity contribution is 5.66. The second-order valence-corrected chi connectivity index (χ2v) is 3.87. The molecular weight excluding hydrogens is 178 g/mol. The summed E-state index contributed by atoms with van der Waals surface area (Å²) in [5, 5.41) is 8.40. The first kappa shape index (κ1) is 13.4. The number of unbranched alkanes of at least 4 members (excludes halogenated alkanes) is 4. The van der Waals surface area contributed by atoms with Gasteiger partial charge in [-0.25, -0.2) is 0 Å². The minimum absolute atomic E-state index is 0.314. The fourth-order valence-electron chi connectivity index (χ4n) is 1.42. The van der Waals surface area contributed by atoms with Crippen molar-refractivity contribution in [2.45, 2.75) is 64.3 Å². The molecule has 84 valence electrons. The largest absolute Gasteiger partial charge is 0.481 e. The summed E-state index contributed by atoms with van der Waals surface area (Å²) in [6.07, 6.45) is 7.84. The van der Waals surface area contributed by atoms with Crippen LogP contribution < -0.4 is 5.73 Å². The average molecular weight is 201 g/mol. The number of carboxylic acids is 1. The molecule has 0 aromatic carbocycles. The lowest BCUT2D eigenvalue weighted by atomic mass is 10.0. The van der Waals surface area contributed by atoms with Crippen LogP contribution >= 0.6 is 0 Å². The molecule has 0 radical (unpaired) electrons. The molecule has 3 N–H and O–H groups in total. The zero-order valence-corrected chi connectivity index (χ0v) is 9.17. The van der Waals surface area contributed by atoms with Gasteiger partial charge >= 0.3 is 5.97 Å². The zero-order chi connectivity index (χ0) is 10.8. The van der Waals surface area contributed by atoms with E-state index in [2.05, 4.69) is 6.92 Å². The van der Waals surface area contributed by atoms with Crippen molar-refractivity contribution in [1.82, 2.24) is 0 Å². The Kier molecular flexibility index (Phi) is 8.64. The Balaban J connectivity index is 3.02. The van der Waals surface area contributed by atoms with Crippen LogP contribution in [0.15, 0.2) is 0 Å². The summed E-state index contributed by atoms with van der Waals surface area (Å²) in [5.74, 6) is -0.682. The third-order valence-corrected chi connectivity index (χ3v) is 2.49. The average Bonchev–Trinajstić information content (AvgIpc) is 2.15. The maximum atomic E-state index is 10.2. The van der Waals surface area contributed by atoms with E-state index in [1.165, 1.54) is 12.8 Å². The van der Waals surface area contributed by atoms with Crippen LogP contribution in [-0.2, 0) is 4.79 Å². The molecule has 0 spiro atoms. The Bertz CT molecular complexity index is 148. The standard InChI is InChI=1S/C11H23NO2/c1-2-10(12)8-6-4-3-5-7-9-11(13)14/h10H,2-9,12H2,1H3,(H,13,14)/t10-/m0/s1. The molecule has 0 amide bonds. The predicted molar refractivity (Wildman–Crippen MR) is 58.2 cm³/mol. The van der Waals surface area contributed by atoms with E-state index in [1.54, 1.807) is 0 Å². The summed E-state index contributed by atoms with van der Waals surface area (Å²) in [6, 6.07) is 0.356. The van der Waals surface area contributed by atoms with Crippen molar-refractivity contribution in [1.29, 1.82) is 0 Å². The molecule has 0 aromatic heterocycles. The van der Waals surface area contributed by atoms with Gasteiger partial charge in [-0.1, -0.05) is 32.6 Å². The predicted octanol–water partition coefficient (Wildman–Crippen LogP) is 2.54. The number of carboxylic acid groups (broad SMARTS) is 1. The van der Waals surface area contributed by atoms with Gasteiger partial charge < -0.3 is 10.8 Å². The molecular formula is C11H23NO2. The quantitative estimate of drug-likeness (QED) is 0.563. The highest BCUT2D eigenvalue weighted by Gasteiger charge is 1.99. The summed E-state index contributed by atoms with van der Waals surface area (Å²) in [7, 11) is 0. The van der Waals surface area contributed by atoms with E-state index in [-0.39, 0.29) is 0 Å². The van der Waals surface area contributed by atoms with Crippen LogP contribution in [0.1, 0.15) is 58.3 Å². The minimum atomic E-state index is -0.682. The molecule has 1 atom stereocenters. The van der Waals surface area contributed by atoms with Crippen LogP contribution in [0.5, 0.6) is 0 Å². The third-order valence-electron chi connectivity index (χ3n) is 2.49. The number of rotatable bonds is 9. The van der Waals surface area contributed by atoms with Crippen LogP contribution in [0.2, 0.25) is 0 Å². The van der Waals surface area contributed by atoms with Gasteiger partial charge in [0.1, 0.15) is 0 Å². The lowest BCUT2D eigenvalue weighted by molar-refractivity contribution is -0.137. The number of hydrogen-bond donors (Lipinski definition) is 2. The van der Waals surface area contributed by atoms with Gasteiger partial charge in [-0.3, -0.25) is 4.79 Å². The second kappa shape index (κ2) is 9.00. The number of aliphatic carboxylic acids is 1. The zero-order valence-electron chi connectivity index (χ0n) is 9.17. The van der Waals surface area contributed by atoms with Gasteiger partial charge in [-0.2, -0.15) is 0 Å². The molecule has 0 aliphatic carbocycles. The molecule has 0 aliphatic heterocycles. The van der Waals surface area contributed by atoms with Crippen molar-refractivity contribution in [2.75, 3.05) is 0 Å². The molecule has 0 unspecified atom stereocenters.